The number of anilines is 1. The lowest BCUT2D eigenvalue weighted by Gasteiger charge is -2.48. The van der Waals surface area contributed by atoms with Crippen LogP contribution < -0.4 is 9.64 Å². The number of β-amino-alcohol motifs (C(OH)–C–C–N with tert-alkyl or cyclic N) is 1. The van der Waals surface area contributed by atoms with E-state index in [1.54, 1.807) is 11.0 Å². The number of hydrogen-bond acceptors (Lipinski definition) is 8. The summed E-state index contributed by atoms with van der Waals surface area (Å²) in [6.07, 6.45) is 6.75. The molecule has 0 spiro atoms. The van der Waals surface area contributed by atoms with E-state index >= 15 is 4.39 Å². The van der Waals surface area contributed by atoms with Gasteiger partial charge >= 0.3 is 6.01 Å². The maximum absolute atomic E-state index is 16.9. The summed E-state index contributed by atoms with van der Waals surface area (Å²) in [4.78, 5) is 18.0. The number of phenolic OH excluding ortho intramolecular Hbond substituents is 1. The number of halogens is 2. The number of aromatic nitrogens is 3. The summed E-state index contributed by atoms with van der Waals surface area (Å²) in [5.41, 5.74) is -1.28. The van der Waals surface area contributed by atoms with Gasteiger partial charge in [-0.25, -0.2) is 8.78 Å². The minimum atomic E-state index is -1.89. The molecule has 1 unspecified atom stereocenters. The Balaban J connectivity index is 1.39. The number of aliphatic hydroxyl groups is 1. The summed E-state index contributed by atoms with van der Waals surface area (Å²) in [7, 11) is 18.0. The lowest BCUT2D eigenvalue weighted by Crippen LogP contribution is -2.56. The Morgan fingerprint density at radius 1 is 1.02 bits per heavy atom. The summed E-state index contributed by atoms with van der Waals surface area (Å²) in [5.74, 6) is -1.01. The van der Waals surface area contributed by atoms with Crippen molar-refractivity contribution in [3.8, 4) is 23.0 Å². The number of aromatic hydroxyl groups is 1. The Bertz CT molecular complexity index is 1830. The SMILES string of the molecule is [B]C([B])([B])C1(O)CCCN(c2nc(OCC34CCCN3CCC4)nc3c(F)c(-c4cc(O)cc5ccc(F)c(CC)c45)ncc23)C1. The Kier molecular flexibility index (Phi) is 7.71. The van der Waals surface area contributed by atoms with Gasteiger partial charge in [-0.15, -0.1) is 5.11 Å². The van der Waals surface area contributed by atoms with Crippen LogP contribution in [0.4, 0.5) is 14.6 Å². The molecule has 1 atom stereocenters. The van der Waals surface area contributed by atoms with Gasteiger partial charge in [-0.2, -0.15) is 9.97 Å². The van der Waals surface area contributed by atoms with Crippen LogP contribution in [0.5, 0.6) is 11.8 Å². The van der Waals surface area contributed by atoms with E-state index in [-0.39, 0.29) is 52.4 Å². The Morgan fingerprint density at radius 2 is 1.76 bits per heavy atom. The number of nitrogens with zero attached hydrogens (tertiary/aromatic N) is 5. The van der Waals surface area contributed by atoms with Gasteiger partial charge in [-0.1, -0.05) is 13.0 Å². The van der Waals surface area contributed by atoms with Crippen molar-refractivity contribution in [2.24, 2.45) is 0 Å². The Hall–Kier alpha value is -3.44. The summed E-state index contributed by atoms with van der Waals surface area (Å²) in [5, 5.41) is 21.3. The lowest BCUT2D eigenvalue weighted by atomic mass is 9.35. The van der Waals surface area contributed by atoms with Crippen molar-refractivity contribution in [2.45, 2.75) is 68.1 Å². The van der Waals surface area contributed by atoms with Gasteiger partial charge in [0.1, 0.15) is 35.2 Å². The molecule has 7 rings (SSSR count). The Labute approximate surface area is 270 Å². The summed E-state index contributed by atoms with van der Waals surface area (Å²) >= 11 is 0. The minimum Gasteiger partial charge on any atom is -0.508 e. The van der Waals surface area contributed by atoms with Crippen molar-refractivity contribution < 1.29 is 23.7 Å². The molecule has 5 heterocycles. The van der Waals surface area contributed by atoms with Gasteiger partial charge in [-0.3, -0.25) is 9.88 Å². The van der Waals surface area contributed by atoms with Crippen LogP contribution in [0.2, 0.25) is 5.11 Å². The standard InChI is InChI=1S/C33H34B3F2N5O3/c1-2-21-24(37)7-6-19-14-20(44)15-22(25(19)21)27-26(38)28-23(16-39-27)29(42-11-5-10-32(45,17-42)33(34,35)36)41-30(40-28)46-18-31-8-3-12-43(31)13-4-9-31/h6-7,14-16,44-45H,2-5,8-13,17-18H2,1H3. The van der Waals surface area contributed by atoms with E-state index in [0.717, 1.165) is 38.8 Å². The highest BCUT2D eigenvalue weighted by atomic mass is 19.1. The van der Waals surface area contributed by atoms with E-state index < -0.39 is 22.3 Å². The van der Waals surface area contributed by atoms with Gasteiger partial charge in [0.05, 0.1) is 40.1 Å². The smallest absolute Gasteiger partial charge is 0.319 e. The van der Waals surface area contributed by atoms with Crippen molar-refractivity contribution in [1.82, 2.24) is 19.9 Å². The van der Waals surface area contributed by atoms with Crippen molar-refractivity contribution in [1.29, 1.82) is 0 Å². The molecule has 2 N–H and O–H groups in total. The number of phenols is 1. The number of hydrogen-bond donors (Lipinski definition) is 2. The molecule has 8 nitrogen and oxygen atoms in total. The van der Waals surface area contributed by atoms with E-state index in [2.05, 4.69) is 14.9 Å². The molecule has 232 valence electrons. The zero-order valence-corrected chi connectivity index (χ0v) is 25.9. The van der Waals surface area contributed by atoms with Crippen LogP contribution in [-0.2, 0) is 6.42 Å². The third-order valence-electron chi connectivity index (χ3n) is 10.3. The van der Waals surface area contributed by atoms with Crippen molar-refractivity contribution in [3.05, 3.63) is 47.7 Å². The maximum atomic E-state index is 16.9. The fraction of sp³-hybridized carbons (Fsp3) is 0.485. The van der Waals surface area contributed by atoms with Crippen LogP contribution in [0.25, 0.3) is 32.9 Å². The molecule has 4 aromatic rings. The van der Waals surface area contributed by atoms with Gasteiger partial charge in [-0.05, 0) is 92.6 Å². The number of piperidine rings is 1. The molecule has 0 amide bonds. The number of benzene rings is 2. The fourth-order valence-corrected chi connectivity index (χ4v) is 7.78. The quantitative estimate of drug-likeness (QED) is 0.296. The summed E-state index contributed by atoms with van der Waals surface area (Å²) in [6.45, 7) is 4.60. The highest BCUT2D eigenvalue weighted by molar-refractivity contribution is 6.59. The highest BCUT2D eigenvalue weighted by Gasteiger charge is 2.45. The monoisotopic (exact) mass is 619 g/mol. The number of aryl methyl sites for hydroxylation is 1. The van der Waals surface area contributed by atoms with E-state index in [9.17, 15) is 14.6 Å². The van der Waals surface area contributed by atoms with Gasteiger partial charge in [0.2, 0.25) is 0 Å². The van der Waals surface area contributed by atoms with Crippen LogP contribution in [0.3, 0.4) is 0 Å². The van der Waals surface area contributed by atoms with Gasteiger partial charge in [0.25, 0.3) is 0 Å². The average molecular weight is 619 g/mol. The van der Waals surface area contributed by atoms with Gasteiger partial charge < -0.3 is 19.8 Å². The molecule has 3 aliphatic rings. The maximum Gasteiger partial charge on any atom is 0.319 e. The second kappa shape index (κ2) is 11.4. The molecule has 3 saturated heterocycles. The third-order valence-corrected chi connectivity index (χ3v) is 10.3. The first kappa shape index (κ1) is 31.2. The molecular weight excluding hydrogens is 585 g/mol. The molecule has 0 bridgehead atoms. The molecule has 13 heteroatoms. The molecule has 0 saturated carbocycles. The van der Waals surface area contributed by atoms with Crippen LogP contribution in [-0.4, -0.2) is 97.5 Å². The average Bonchev–Trinajstić information content (AvgIpc) is 3.60. The first-order valence-electron chi connectivity index (χ1n) is 16.0. The van der Waals surface area contributed by atoms with E-state index in [0.29, 0.717) is 48.1 Å². The summed E-state index contributed by atoms with van der Waals surface area (Å²) in [6, 6.07) is 5.78. The van der Waals surface area contributed by atoms with E-state index in [4.69, 9.17) is 33.3 Å². The van der Waals surface area contributed by atoms with E-state index in [1.165, 1.54) is 24.4 Å². The second-order valence-electron chi connectivity index (χ2n) is 13.2. The lowest BCUT2D eigenvalue weighted by molar-refractivity contribution is 0.0266. The summed E-state index contributed by atoms with van der Waals surface area (Å²) < 4.78 is 38.1. The van der Waals surface area contributed by atoms with Crippen molar-refractivity contribution in [3.63, 3.8) is 0 Å². The molecule has 3 fully saturated rings. The molecule has 6 radical (unpaired) electrons. The first-order chi connectivity index (χ1) is 21.9. The van der Waals surface area contributed by atoms with Crippen molar-refractivity contribution >= 4 is 51.0 Å². The van der Waals surface area contributed by atoms with Crippen LogP contribution >= 0.6 is 0 Å². The predicted molar refractivity (Wildman–Crippen MR) is 176 cm³/mol. The van der Waals surface area contributed by atoms with Crippen LogP contribution in [0.15, 0.2) is 30.5 Å². The zero-order chi connectivity index (χ0) is 32.4. The second-order valence-corrected chi connectivity index (χ2v) is 13.2. The molecule has 2 aromatic carbocycles. The van der Waals surface area contributed by atoms with E-state index in [1.807, 2.05) is 6.92 Å². The zero-order valence-electron chi connectivity index (χ0n) is 25.9. The number of pyridine rings is 1. The minimum absolute atomic E-state index is 0.0126. The molecule has 46 heavy (non-hydrogen) atoms. The molecule has 3 aliphatic heterocycles. The fourth-order valence-electron chi connectivity index (χ4n) is 7.78. The van der Waals surface area contributed by atoms with Crippen molar-refractivity contribution in [2.75, 3.05) is 37.7 Å². The normalized spacial score (nSPS) is 21.7. The van der Waals surface area contributed by atoms with Gasteiger partial charge in [0.15, 0.2) is 5.82 Å². The van der Waals surface area contributed by atoms with Crippen LogP contribution in [0.1, 0.15) is 51.0 Å². The molecule has 0 aliphatic carbocycles. The third kappa shape index (κ3) is 5.10. The largest absolute Gasteiger partial charge is 0.508 e. The number of fused-ring (bicyclic) bond motifs is 3. The molecular formula is C33H34B3F2N5O3. The molecule has 2 aromatic heterocycles. The number of ether oxygens (including phenoxy) is 1. The topological polar surface area (TPSA) is 94.8 Å². The highest BCUT2D eigenvalue weighted by Crippen LogP contribution is 2.43. The number of rotatable bonds is 7. The predicted octanol–water partition coefficient (Wildman–Crippen LogP) is 4.31. The first-order valence-corrected chi connectivity index (χ1v) is 16.0. The van der Waals surface area contributed by atoms with Crippen LogP contribution in [0, 0.1) is 11.6 Å². The Morgan fingerprint density at radius 3 is 2.48 bits per heavy atom. The van der Waals surface area contributed by atoms with Gasteiger partial charge in [0, 0.05) is 24.8 Å².